The number of carbonyl (C=O) groups is 2. The van der Waals surface area contributed by atoms with Crippen molar-refractivity contribution in [1.29, 1.82) is 0 Å². The number of hydrogen-bond donors (Lipinski definition) is 2. The van der Waals surface area contributed by atoms with Gasteiger partial charge in [0.15, 0.2) is 6.10 Å². The van der Waals surface area contributed by atoms with Crippen LogP contribution in [-0.2, 0) is 20.1 Å². The molecule has 0 radical (unpaired) electrons. The van der Waals surface area contributed by atoms with Crippen LogP contribution in [0.1, 0.15) is 17.5 Å². The van der Waals surface area contributed by atoms with E-state index in [0.717, 1.165) is 48.4 Å². The molecule has 2 aliphatic rings. The van der Waals surface area contributed by atoms with E-state index < -0.39 is 18.0 Å². The Bertz CT molecular complexity index is 953. The molecule has 0 amide bonds. The summed E-state index contributed by atoms with van der Waals surface area (Å²) in [5.74, 6) is -0.947. The van der Waals surface area contributed by atoms with E-state index in [4.69, 9.17) is 27.8 Å². The highest BCUT2D eigenvalue weighted by Gasteiger charge is 2.55. The number of rotatable bonds is 6. The Balaban J connectivity index is 1.47. The molecule has 4 rings (SSSR count). The van der Waals surface area contributed by atoms with E-state index in [1.807, 2.05) is 36.0 Å². The molecule has 2 fully saturated rings. The average Bonchev–Trinajstić information content (AvgIpc) is 3.34. The summed E-state index contributed by atoms with van der Waals surface area (Å²) in [6, 6.07) is 7.93. The fourth-order valence-electron chi connectivity index (χ4n) is 4.38. The zero-order valence-corrected chi connectivity index (χ0v) is 18.4. The molecule has 30 heavy (non-hydrogen) atoms. The number of benzene rings is 1. The van der Waals surface area contributed by atoms with E-state index in [2.05, 4.69) is 8.75 Å². The number of thiocarbonyl (C=S) groups is 1. The van der Waals surface area contributed by atoms with Crippen LogP contribution in [0.4, 0.5) is 5.82 Å². The van der Waals surface area contributed by atoms with E-state index >= 15 is 0 Å². The summed E-state index contributed by atoms with van der Waals surface area (Å²) in [7, 11) is 0. The van der Waals surface area contributed by atoms with Crippen LogP contribution in [0.15, 0.2) is 30.5 Å². The summed E-state index contributed by atoms with van der Waals surface area (Å²) in [5, 5.41) is 9.25. The van der Waals surface area contributed by atoms with Gasteiger partial charge in [-0.05, 0) is 12.0 Å². The lowest BCUT2D eigenvalue weighted by Gasteiger charge is -2.37. The maximum absolute atomic E-state index is 11.7. The maximum atomic E-state index is 11.7. The molecule has 0 aliphatic carbocycles. The SMILES string of the molecule is NC(=S)c1ccc(CSC2CC3C[N+](c4cnsn4)(C2)CC3OC(=O)C(=O)O)cc1. The minimum absolute atomic E-state index is 0.0956. The van der Waals surface area contributed by atoms with Crippen LogP contribution in [0, 0.1) is 5.92 Å². The van der Waals surface area contributed by atoms with Gasteiger partial charge >= 0.3 is 11.9 Å². The average molecular weight is 466 g/mol. The summed E-state index contributed by atoms with van der Waals surface area (Å²) < 4.78 is 14.5. The fraction of sp³-hybridized carbons (Fsp3) is 0.421. The number of esters is 1. The lowest BCUT2D eigenvalue weighted by Crippen LogP contribution is -2.54. The highest BCUT2D eigenvalue weighted by molar-refractivity contribution is 7.99. The largest absolute Gasteiger partial charge is 0.473 e. The first-order valence-electron chi connectivity index (χ1n) is 9.45. The number of carboxylic acids is 1. The Morgan fingerprint density at radius 1 is 1.30 bits per heavy atom. The number of aliphatic carboxylic acids is 1. The topological polar surface area (TPSA) is 115 Å². The van der Waals surface area contributed by atoms with Crippen LogP contribution in [0.3, 0.4) is 0 Å². The Labute approximate surface area is 187 Å². The highest BCUT2D eigenvalue weighted by atomic mass is 32.2. The molecule has 2 aromatic rings. The fourth-order valence-corrected chi connectivity index (χ4v) is 6.41. The van der Waals surface area contributed by atoms with Gasteiger partial charge in [0.1, 0.15) is 17.7 Å². The second kappa shape index (κ2) is 8.58. The quantitative estimate of drug-likeness (QED) is 0.285. The van der Waals surface area contributed by atoms with Gasteiger partial charge in [-0.1, -0.05) is 36.5 Å². The third-order valence-electron chi connectivity index (χ3n) is 5.75. The monoisotopic (exact) mass is 465 g/mol. The van der Waals surface area contributed by atoms with Crippen molar-refractivity contribution in [2.75, 3.05) is 19.6 Å². The lowest BCUT2D eigenvalue weighted by molar-refractivity contribution is -0.168. The molecule has 158 valence electrons. The Morgan fingerprint density at radius 2 is 2.07 bits per heavy atom. The van der Waals surface area contributed by atoms with Crippen molar-refractivity contribution in [2.45, 2.75) is 23.5 Å². The summed E-state index contributed by atoms with van der Waals surface area (Å²) in [5.41, 5.74) is 7.70. The first-order valence-corrected chi connectivity index (χ1v) is 11.6. The second-order valence-corrected chi connectivity index (χ2v) is 9.98. The number of quaternary nitrogens is 1. The van der Waals surface area contributed by atoms with Crippen LogP contribution >= 0.6 is 35.7 Å². The van der Waals surface area contributed by atoms with Gasteiger partial charge in [-0.3, -0.25) is 4.48 Å². The van der Waals surface area contributed by atoms with Gasteiger partial charge in [-0.25, -0.2) is 9.59 Å². The molecule has 3 N–H and O–H groups in total. The molecule has 3 heterocycles. The van der Waals surface area contributed by atoms with Crippen LogP contribution in [0.2, 0.25) is 0 Å². The molecule has 2 bridgehead atoms. The standard InChI is InChI=1S/C19H20N4O4S3/c20-17(28)12-3-1-11(2-4-12)10-29-14-5-13-7-23(8-14,16-6-21-30-22-16)9-15(13)27-19(26)18(24)25/h1-4,6,13-15H,5,7-10H2,(H2-,20,24,25,28)/p+1. The normalized spacial score (nSPS) is 27.5. The van der Waals surface area contributed by atoms with Crippen LogP contribution in [0.5, 0.6) is 0 Å². The number of aromatic nitrogens is 2. The van der Waals surface area contributed by atoms with Crippen molar-refractivity contribution < 1.29 is 19.4 Å². The van der Waals surface area contributed by atoms with Crippen molar-refractivity contribution in [3.05, 3.63) is 41.6 Å². The van der Waals surface area contributed by atoms with Crippen molar-refractivity contribution in [3.8, 4) is 0 Å². The first kappa shape index (κ1) is 21.2. The number of thioether (sulfide) groups is 1. The van der Waals surface area contributed by atoms with Gasteiger partial charge in [-0.2, -0.15) is 4.37 Å². The van der Waals surface area contributed by atoms with Gasteiger partial charge in [-0.15, -0.1) is 16.1 Å². The highest BCUT2D eigenvalue weighted by Crippen LogP contribution is 2.43. The molecule has 4 atom stereocenters. The van der Waals surface area contributed by atoms with Gasteiger partial charge in [0.25, 0.3) is 5.82 Å². The number of nitrogens with two attached hydrogens (primary N) is 1. The minimum Gasteiger partial charge on any atom is -0.473 e. The molecule has 8 nitrogen and oxygen atoms in total. The Hall–Kier alpha value is -2.08. The third-order valence-corrected chi connectivity index (χ3v) is 7.77. The number of carbonyl (C=O) groups excluding carboxylic acids is 1. The maximum Gasteiger partial charge on any atom is 0.417 e. The number of carboxylic acid groups (broad SMARTS) is 1. The van der Waals surface area contributed by atoms with Crippen molar-refractivity contribution in [2.24, 2.45) is 11.7 Å². The van der Waals surface area contributed by atoms with E-state index in [-0.39, 0.29) is 5.92 Å². The molecule has 1 aromatic heterocycles. The van der Waals surface area contributed by atoms with Gasteiger partial charge in [0, 0.05) is 11.3 Å². The number of ether oxygens (including phenoxy) is 1. The first-order chi connectivity index (χ1) is 14.4. The molecule has 4 unspecified atom stereocenters. The molecular formula is C19H21N4O4S3+. The third kappa shape index (κ3) is 4.34. The molecule has 0 spiro atoms. The van der Waals surface area contributed by atoms with Crippen LogP contribution < -0.4 is 10.2 Å². The van der Waals surface area contributed by atoms with E-state index in [1.165, 1.54) is 5.56 Å². The zero-order valence-electron chi connectivity index (χ0n) is 16.0. The summed E-state index contributed by atoms with van der Waals surface area (Å²) >= 11 is 8.01. The minimum atomic E-state index is -1.56. The lowest BCUT2D eigenvalue weighted by atomic mass is 9.97. The molecule has 2 saturated heterocycles. The Morgan fingerprint density at radius 3 is 2.70 bits per heavy atom. The summed E-state index contributed by atoms with van der Waals surface area (Å²) in [4.78, 5) is 23.0. The molecule has 1 aromatic carbocycles. The van der Waals surface area contributed by atoms with Crippen molar-refractivity contribution >= 4 is 58.5 Å². The van der Waals surface area contributed by atoms with Crippen molar-refractivity contribution in [3.63, 3.8) is 0 Å². The Kier molecular flexibility index (Phi) is 6.05. The van der Waals surface area contributed by atoms with Crippen LogP contribution in [0.25, 0.3) is 0 Å². The van der Waals surface area contributed by atoms with E-state index in [9.17, 15) is 9.59 Å². The van der Waals surface area contributed by atoms with Crippen molar-refractivity contribution in [1.82, 2.24) is 13.2 Å². The summed E-state index contributed by atoms with van der Waals surface area (Å²) in [6.45, 7) is 2.16. The van der Waals surface area contributed by atoms with Gasteiger partial charge in [0.2, 0.25) is 0 Å². The molecule has 11 heteroatoms. The summed E-state index contributed by atoms with van der Waals surface area (Å²) in [6.07, 6.45) is 2.21. The second-order valence-electron chi connectivity index (χ2n) is 7.70. The zero-order chi connectivity index (χ0) is 21.3. The predicted molar refractivity (Wildman–Crippen MR) is 119 cm³/mol. The van der Waals surface area contributed by atoms with Gasteiger partial charge in [0.05, 0.1) is 36.0 Å². The number of nitrogens with zero attached hydrogens (tertiary/aromatic N) is 3. The number of piperidine rings is 1. The number of fused-ring (bicyclic) bond motifs is 2. The number of hydrogen-bond acceptors (Lipinski definition) is 8. The molecule has 2 aliphatic heterocycles. The van der Waals surface area contributed by atoms with E-state index in [1.54, 1.807) is 6.20 Å². The molecule has 0 saturated carbocycles. The molecular weight excluding hydrogens is 444 g/mol. The smallest absolute Gasteiger partial charge is 0.417 e. The van der Waals surface area contributed by atoms with Crippen LogP contribution in [-0.4, -0.2) is 61.8 Å². The predicted octanol–water partition coefficient (Wildman–Crippen LogP) is 1.81. The van der Waals surface area contributed by atoms with Gasteiger partial charge < -0.3 is 15.6 Å². The van der Waals surface area contributed by atoms with E-state index in [0.29, 0.717) is 21.3 Å².